The molecule has 1 saturated carbocycles. The highest BCUT2D eigenvalue weighted by Gasteiger charge is 2.21. The fourth-order valence-corrected chi connectivity index (χ4v) is 2.05. The van der Waals surface area contributed by atoms with E-state index in [1.165, 1.54) is 12.8 Å². The van der Waals surface area contributed by atoms with Gasteiger partial charge >= 0.3 is 0 Å². The molecule has 0 atom stereocenters. The molecule has 0 aromatic carbocycles. The third kappa shape index (κ3) is 3.77. The monoisotopic (exact) mass is 185 g/mol. The van der Waals surface area contributed by atoms with Gasteiger partial charge in [-0.05, 0) is 45.7 Å². The maximum Gasteiger partial charge on any atom is 0.293 e. The lowest BCUT2D eigenvalue weighted by atomic mass is 9.87. The van der Waals surface area contributed by atoms with Gasteiger partial charge in [0, 0.05) is 6.54 Å². The molecule has 0 unspecified atom stereocenters. The highest BCUT2D eigenvalue weighted by atomic mass is 16.5. The van der Waals surface area contributed by atoms with Gasteiger partial charge in [-0.1, -0.05) is 0 Å². The van der Waals surface area contributed by atoms with Crippen molar-refractivity contribution < 1.29 is 9.53 Å². The fourth-order valence-electron chi connectivity index (χ4n) is 2.05. The molecule has 0 saturated heterocycles. The van der Waals surface area contributed by atoms with E-state index in [1.54, 1.807) is 0 Å². The van der Waals surface area contributed by atoms with Crippen LogP contribution in [0.2, 0.25) is 0 Å². The minimum atomic E-state index is 0.191. The van der Waals surface area contributed by atoms with E-state index < -0.39 is 0 Å². The second kappa shape index (κ2) is 5.22. The summed E-state index contributed by atoms with van der Waals surface area (Å²) in [5.74, 6) is 0.793. The van der Waals surface area contributed by atoms with Crippen LogP contribution in [0.25, 0.3) is 0 Å². The van der Waals surface area contributed by atoms with Crippen molar-refractivity contribution in [2.75, 3.05) is 20.6 Å². The van der Waals surface area contributed by atoms with Gasteiger partial charge in [-0.3, -0.25) is 4.79 Å². The summed E-state index contributed by atoms with van der Waals surface area (Å²) < 4.78 is 4.94. The lowest BCUT2D eigenvalue weighted by molar-refractivity contribution is -0.135. The Morgan fingerprint density at radius 2 is 1.92 bits per heavy atom. The molecule has 0 amide bonds. The molecule has 1 aliphatic carbocycles. The Balaban J connectivity index is 2.18. The third-order valence-electron chi connectivity index (χ3n) is 2.67. The number of nitrogens with zero attached hydrogens (tertiary/aromatic N) is 1. The second-order valence-electron chi connectivity index (χ2n) is 4.14. The lowest BCUT2D eigenvalue weighted by Gasteiger charge is -2.28. The summed E-state index contributed by atoms with van der Waals surface area (Å²) in [6.45, 7) is 1.74. The van der Waals surface area contributed by atoms with Crippen LogP contribution in [0.15, 0.2) is 0 Å². The van der Waals surface area contributed by atoms with Gasteiger partial charge in [0.15, 0.2) is 0 Å². The predicted molar refractivity (Wildman–Crippen MR) is 51.4 cm³/mol. The zero-order valence-electron chi connectivity index (χ0n) is 8.53. The number of hydrogen-bond acceptors (Lipinski definition) is 3. The number of carbonyl (C=O) groups is 1. The molecule has 76 valence electrons. The van der Waals surface area contributed by atoms with Gasteiger partial charge in [0.05, 0.1) is 0 Å². The minimum absolute atomic E-state index is 0.191. The minimum Gasteiger partial charge on any atom is -0.465 e. The van der Waals surface area contributed by atoms with Crippen molar-refractivity contribution in [3.63, 3.8) is 0 Å². The molecule has 0 aromatic rings. The zero-order chi connectivity index (χ0) is 9.68. The summed E-state index contributed by atoms with van der Waals surface area (Å²) in [6, 6.07) is 0. The molecular weight excluding hydrogens is 166 g/mol. The normalized spacial score (nSPS) is 28.8. The third-order valence-corrected chi connectivity index (χ3v) is 2.67. The van der Waals surface area contributed by atoms with E-state index in [1.807, 2.05) is 0 Å². The van der Waals surface area contributed by atoms with Crippen LogP contribution in [-0.4, -0.2) is 38.1 Å². The van der Waals surface area contributed by atoms with Gasteiger partial charge < -0.3 is 9.64 Å². The molecule has 0 aliphatic heterocycles. The van der Waals surface area contributed by atoms with E-state index >= 15 is 0 Å². The molecule has 1 rings (SSSR count). The first-order valence-electron chi connectivity index (χ1n) is 4.96. The van der Waals surface area contributed by atoms with Crippen LogP contribution in [0.1, 0.15) is 25.7 Å². The van der Waals surface area contributed by atoms with Crippen LogP contribution in [0, 0.1) is 5.92 Å². The molecule has 13 heavy (non-hydrogen) atoms. The Morgan fingerprint density at radius 3 is 2.38 bits per heavy atom. The van der Waals surface area contributed by atoms with Crippen molar-refractivity contribution in [1.29, 1.82) is 0 Å². The molecule has 0 radical (unpaired) electrons. The van der Waals surface area contributed by atoms with E-state index in [4.69, 9.17) is 4.74 Å². The highest BCUT2D eigenvalue weighted by molar-refractivity contribution is 5.37. The molecule has 0 bridgehead atoms. The van der Waals surface area contributed by atoms with Gasteiger partial charge in [0.2, 0.25) is 0 Å². The largest absolute Gasteiger partial charge is 0.465 e. The molecule has 3 nitrogen and oxygen atoms in total. The molecule has 0 aromatic heterocycles. The Morgan fingerprint density at radius 1 is 1.31 bits per heavy atom. The average molecular weight is 185 g/mol. The van der Waals surface area contributed by atoms with Crippen molar-refractivity contribution in [3.05, 3.63) is 0 Å². The maximum absolute atomic E-state index is 10.1. The Hall–Kier alpha value is -0.570. The number of hydrogen-bond donors (Lipinski definition) is 0. The maximum atomic E-state index is 10.1. The SMILES string of the molecule is CN(C)CC1CCC(OC=O)CC1. The van der Waals surface area contributed by atoms with Gasteiger partial charge in [0.1, 0.15) is 6.10 Å². The highest BCUT2D eigenvalue weighted by Crippen LogP contribution is 2.25. The molecule has 0 spiro atoms. The summed E-state index contributed by atoms with van der Waals surface area (Å²) in [5.41, 5.74) is 0. The van der Waals surface area contributed by atoms with E-state index in [2.05, 4.69) is 19.0 Å². The lowest BCUT2D eigenvalue weighted by Crippen LogP contribution is -2.28. The van der Waals surface area contributed by atoms with Crippen molar-refractivity contribution >= 4 is 6.47 Å². The van der Waals surface area contributed by atoms with Gasteiger partial charge in [-0.2, -0.15) is 0 Å². The van der Waals surface area contributed by atoms with Crippen LogP contribution < -0.4 is 0 Å². The van der Waals surface area contributed by atoms with Gasteiger partial charge in [-0.15, -0.1) is 0 Å². The van der Waals surface area contributed by atoms with Crippen LogP contribution in [0.5, 0.6) is 0 Å². The van der Waals surface area contributed by atoms with Gasteiger partial charge in [-0.25, -0.2) is 0 Å². The first-order chi connectivity index (χ1) is 6.22. The number of ether oxygens (including phenoxy) is 1. The van der Waals surface area contributed by atoms with E-state index in [9.17, 15) is 4.79 Å². The van der Waals surface area contributed by atoms with Crippen LogP contribution >= 0.6 is 0 Å². The molecule has 1 fully saturated rings. The standard InChI is InChI=1S/C10H19NO2/c1-11(2)7-9-3-5-10(6-4-9)13-8-12/h8-10H,3-7H2,1-2H3. The molecule has 0 heterocycles. The topological polar surface area (TPSA) is 29.5 Å². The van der Waals surface area contributed by atoms with Crippen molar-refractivity contribution in [1.82, 2.24) is 4.90 Å². The molecular formula is C10H19NO2. The molecule has 1 aliphatic rings. The van der Waals surface area contributed by atoms with Crippen LogP contribution in [-0.2, 0) is 9.53 Å². The zero-order valence-corrected chi connectivity index (χ0v) is 8.53. The van der Waals surface area contributed by atoms with Crippen LogP contribution in [0.4, 0.5) is 0 Å². The summed E-state index contributed by atoms with van der Waals surface area (Å²) in [7, 11) is 4.21. The Labute approximate surface area is 80.1 Å². The second-order valence-corrected chi connectivity index (χ2v) is 4.14. The quantitative estimate of drug-likeness (QED) is 0.618. The average Bonchev–Trinajstić information content (AvgIpc) is 2.08. The first kappa shape index (κ1) is 10.5. The number of rotatable bonds is 4. The van der Waals surface area contributed by atoms with Crippen molar-refractivity contribution in [2.45, 2.75) is 31.8 Å². The van der Waals surface area contributed by atoms with Crippen molar-refractivity contribution in [3.8, 4) is 0 Å². The number of carbonyl (C=O) groups excluding carboxylic acids is 1. The molecule has 0 N–H and O–H groups in total. The summed E-state index contributed by atoms with van der Waals surface area (Å²) in [5, 5.41) is 0. The van der Waals surface area contributed by atoms with E-state index in [-0.39, 0.29) is 6.10 Å². The fraction of sp³-hybridized carbons (Fsp3) is 0.900. The summed E-state index contributed by atoms with van der Waals surface area (Å²) >= 11 is 0. The summed E-state index contributed by atoms with van der Waals surface area (Å²) in [4.78, 5) is 12.3. The van der Waals surface area contributed by atoms with Crippen LogP contribution in [0.3, 0.4) is 0 Å². The van der Waals surface area contributed by atoms with Gasteiger partial charge in [0.25, 0.3) is 6.47 Å². The molecule has 3 heteroatoms. The Bertz CT molecular complexity index is 151. The van der Waals surface area contributed by atoms with Crippen molar-refractivity contribution in [2.24, 2.45) is 5.92 Å². The Kier molecular flexibility index (Phi) is 4.22. The first-order valence-corrected chi connectivity index (χ1v) is 4.96. The predicted octanol–water partition coefficient (Wildman–Crippen LogP) is 1.28. The summed E-state index contributed by atoms with van der Waals surface area (Å²) in [6.07, 6.45) is 4.65. The van der Waals surface area contributed by atoms with E-state index in [0.717, 1.165) is 25.3 Å². The smallest absolute Gasteiger partial charge is 0.293 e. The van der Waals surface area contributed by atoms with E-state index in [0.29, 0.717) is 6.47 Å².